The normalized spacial score (nSPS) is 10.3. The van der Waals surface area contributed by atoms with Crippen molar-refractivity contribution in [2.45, 2.75) is 6.92 Å². The zero-order valence-electron chi connectivity index (χ0n) is 13.8. The molecule has 2 amide bonds. The lowest BCUT2D eigenvalue weighted by Crippen LogP contribution is -2.21. The Balaban J connectivity index is 1.59. The topological polar surface area (TPSA) is 97.4 Å². The van der Waals surface area contributed by atoms with E-state index in [1.165, 1.54) is 12.3 Å². The lowest BCUT2D eigenvalue weighted by Gasteiger charge is -2.08. The third kappa shape index (κ3) is 4.22. The Labute approximate surface area is 153 Å². The van der Waals surface area contributed by atoms with Gasteiger partial charge in [0.25, 0.3) is 5.91 Å². The predicted octanol–water partition coefficient (Wildman–Crippen LogP) is 3.05. The zero-order chi connectivity index (χ0) is 18.5. The van der Waals surface area contributed by atoms with Crippen LogP contribution in [-0.4, -0.2) is 29.4 Å². The fraction of sp³-hybridized carbons (Fsp3) is 0.111. The molecule has 0 saturated heterocycles. The molecule has 0 unspecified atom stereocenters. The van der Waals surface area contributed by atoms with Crippen molar-refractivity contribution in [3.05, 3.63) is 53.5 Å². The summed E-state index contributed by atoms with van der Waals surface area (Å²) in [4.78, 5) is 38.9. The molecule has 1 aromatic heterocycles. The summed E-state index contributed by atoms with van der Waals surface area (Å²) in [6.45, 7) is 0.909. The third-order valence-corrected chi connectivity index (χ3v) is 4.15. The van der Waals surface area contributed by atoms with E-state index >= 15 is 0 Å². The zero-order valence-corrected chi connectivity index (χ0v) is 14.6. The summed E-state index contributed by atoms with van der Waals surface area (Å²) in [6, 6.07) is 13.2. The lowest BCUT2D eigenvalue weighted by atomic mass is 10.1. The summed E-state index contributed by atoms with van der Waals surface area (Å²) in [5.41, 5.74) is 0.683. The number of hydrogen-bond donors (Lipinski definition) is 2. The molecule has 2 aromatic carbocycles. The first-order valence-electron chi connectivity index (χ1n) is 7.71. The van der Waals surface area contributed by atoms with Crippen LogP contribution in [0, 0.1) is 0 Å². The van der Waals surface area contributed by atoms with Gasteiger partial charge in [0.15, 0.2) is 17.4 Å². The Morgan fingerprint density at radius 2 is 1.85 bits per heavy atom. The second kappa shape index (κ2) is 7.75. The molecule has 0 spiro atoms. The van der Waals surface area contributed by atoms with Gasteiger partial charge in [0.1, 0.15) is 0 Å². The molecule has 0 saturated carbocycles. The maximum absolute atomic E-state index is 12.1. The number of amides is 2. The summed E-state index contributed by atoms with van der Waals surface area (Å²) in [6.07, 6.45) is 0. The van der Waals surface area contributed by atoms with Gasteiger partial charge in [-0.15, -0.1) is 11.3 Å². The number of fused-ring (bicyclic) bond motifs is 1. The first-order chi connectivity index (χ1) is 12.5. The Morgan fingerprint density at radius 1 is 1.08 bits per heavy atom. The van der Waals surface area contributed by atoms with Crippen molar-refractivity contribution in [2.75, 3.05) is 17.2 Å². The van der Waals surface area contributed by atoms with E-state index in [4.69, 9.17) is 4.74 Å². The number of nitrogens with one attached hydrogen (secondary N) is 2. The van der Waals surface area contributed by atoms with E-state index in [1.807, 2.05) is 36.4 Å². The highest BCUT2D eigenvalue weighted by Crippen LogP contribution is 2.22. The van der Waals surface area contributed by atoms with Crippen LogP contribution >= 0.6 is 11.3 Å². The van der Waals surface area contributed by atoms with Crippen molar-refractivity contribution in [2.24, 2.45) is 0 Å². The van der Waals surface area contributed by atoms with Gasteiger partial charge < -0.3 is 15.4 Å². The average Bonchev–Trinajstić information content (AvgIpc) is 3.08. The smallest absolute Gasteiger partial charge is 0.358 e. The number of anilines is 2. The van der Waals surface area contributed by atoms with Gasteiger partial charge in [-0.3, -0.25) is 9.59 Å². The number of thiazole rings is 1. The SMILES string of the molecule is CC(=O)Nc1nc(C(=O)OCC(=O)Nc2cccc3ccccc23)cs1. The monoisotopic (exact) mass is 369 g/mol. The van der Waals surface area contributed by atoms with Crippen molar-refractivity contribution in [1.29, 1.82) is 0 Å². The minimum absolute atomic E-state index is 0.0386. The molecular weight excluding hydrogens is 354 g/mol. The minimum Gasteiger partial charge on any atom is -0.451 e. The van der Waals surface area contributed by atoms with Crippen LogP contribution in [0.1, 0.15) is 17.4 Å². The fourth-order valence-corrected chi connectivity index (χ4v) is 3.03. The molecule has 26 heavy (non-hydrogen) atoms. The molecule has 0 bridgehead atoms. The van der Waals surface area contributed by atoms with Gasteiger partial charge >= 0.3 is 5.97 Å². The second-order valence-corrected chi connectivity index (χ2v) is 6.23. The average molecular weight is 369 g/mol. The van der Waals surface area contributed by atoms with Crippen LogP contribution in [0.25, 0.3) is 10.8 Å². The number of carbonyl (C=O) groups excluding carboxylic acids is 3. The van der Waals surface area contributed by atoms with Crippen molar-refractivity contribution >= 4 is 50.7 Å². The van der Waals surface area contributed by atoms with Gasteiger partial charge in [0, 0.05) is 23.4 Å². The third-order valence-electron chi connectivity index (χ3n) is 3.39. The number of aromatic nitrogens is 1. The van der Waals surface area contributed by atoms with Crippen LogP contribution in [0.15, 0.2) is 47.8 Å². The Bertz CT molecular complexity index is 978. The number of esters is 1. The highest BCUT2D eigenvalue weighted by Gasteiger charge is 2.15. The van der Waals surface area contributed by atoms with E-state index in [0.717, 1.165) is 22.1 Å². The maximum Gasteiger partial charge on any atom is 0.358 e. The maximum atomic E-state index is 12.1. The van der Waals surface area contributed by atoms with Gasteiger partial charge in [-0.25, -0.2) is 9.78 Å². The molecule has 0 atom stereocenters. The quantitative estimate of drug-likeness (QED) is 0.674. The van der Waals surface area contributed by atoms with Crippen LogP contribution < -0.4 is 10.6 Å². The number of carbonyl (C=O) groups is 3. The summed E-state index contributed by atoms with van der Waals surface area (Å²) in [5.74, 6) is -1.47. The molecule has 2 N–H and O–H groups in total. The number of ether oxygens (including phenoxy) is 1. The predicted molar refractivity (Wildman–Crippen MR) is 99.3 cm³/mol. The molecule has 3 aromatic rings. The summed E-state index contributed by atoms with van der Waals surface area (Å²) in [7, 11) is 0. The number of hydrogen-bond acceptors (Lipinski definition) is 6. The van der Waals surface area contributed by atoms with E-state index in [2.05, 4.69) is 15.6 Å². The Kier molecular flexibility index (Phi) is 5.23. The molecule has 0 radical (unpaired) electrons. The van der Waals surface area contributed by atoms with Gasteiger partial charge in [-0.05, 0) is 11.5 Å². The van der Waals surface area contributed by atoms with Crippen molar-refractivity contribution in [3.63, 3.8) is 0 Å². The van der Waals surface area contributed by atoms with Crippen LogP contribution in [0.5, 0.6) is 0 Å². The van der Waals surface area contributed by atoms with E-state index in [-0.39, 0.29) is 11.6 Å². The number of rotatable bonds is 5. The summed E-state index contributed by atoms with van der Waals surface area (Å²) in [5, 5.41) is 8.85. The summed E-state index contributed by atoms with van der Waals surface area (Å²) >= 11 is 1.10. The fourth-order valence-electron chi connectivity index (χ4n) is 2.30. The van der Waals surface area contributed by atoms with E-state index in [9.17, 15) is 14.4 Å². The van der Waals surface area contributed by atoms with Crippen LogP contribution in [-0.2, 0) is 14.3 Å². The van der Waals surface area contributed by atoms with Gasteiger partial charge in [-0.1, -0.05) is 36.4 Å². The van der Waals surface area contributed by atoms with Gasteiger partial charge in [0.05, 0.1) is 0 Å². The van der Waals surface area contributed by atoms with Gasteiger partial charge in [-0.2, -0.15) is 0 Å². The minimum atomic E-state index is -0.731. The second-order valence-electron chi connectivity index (χ2n) is 5.37. The highest BCUT2D eigenvalue weighted by atomic mass is 32.1. The van der Waals surface area contributed by atoms with Crippen LogP contribution in [0.4, 0.5) is 10.8 Å². The lowest BCUT2D eigenvalue weighted by molar-refractivity contribution is -0.119. The van der Waals surface area contributed by atoms with E-state index < -0.39 is 18.5 Å². The van der Waals surface area contributed by atoms with Crippen LogP contribution in [0.2, 0.25) is 0 Å². The molecule has 0 fully saturated rings. The largest absolute Gasteiger partial charge is 0.451 e. The molecule has 0 aliphatic heterocycles. The molecular formula is C18H15N3O4S. The first kappa shape index (κ1) is 17.6. The van der Waals surface area contributed by atoms with Gasteiger partial charge in [0.2, 0.25) is 5.91 Å². The Morgan fingerprint density at radius 3 is 2.65 bits per heavy atom. The molecule has 3 rings (SSSR count). The van der Waals surface area contributed by atoms with Crippen molar-refractivity contribution in [3.8, 4) is 0 Å². The molecule has 1 heterocycles. The molecule has 0 aliphatic carbocycles. The van der Waals surface area contributed by atoms with E-state index in [1.54, 1.807) is 6.07 Å². The number of nitrogens with zero attached hydrogens (tertiary/aromatic N) is 1. The molecule has 7 nitrogen and oxygen atoms in total. The van der Waals surface area contributed by atoms with E-state index in [0.29, 0.717) is 10.8 Å². The summed E-state index contributed by atoms with van der Waals surface area (Å²) < 4.78 is 4.97. The number of benzene rings is 2. The van der Waals surface area contributed by atoms with Crippen molar-refractivity contribution < 1.29 is 19.1 Å². The van der Waals surface area contributed by atoms with Crippen LogP contribution in [0.3, 0.4) is 0 Å². The highest BCUT2D eigenvalue weighted by molar-refractivity contribution is 7.14. The molecule has 132 valence electrons. The standard InChI is InChI=1S/C18H15N3O4S/c1-11(22)19-18-21-15(10-26-18)17(24)25-9-16(23)20-14-8-4-6-12-5-2-3-7-13(12)14/h2-8,10H,9H2,1H3,(H,20,23)(H,19,21,22). The molecule has 0 aliphatic rings. The Hall–Kier alpha value is -3.26. The first-order valence-corrected chi connectivity index (χ1v) is 8.59. The molecule has 8 heteroatoms. The van der Waals surface area contributed by atoms with Crippen molar-refractivity contribution in [1.82, 2.24) is 4.98 Å².